The van der Waals surface area contributed by atoms with Crippen LogP contribution in [-0.4, -0.2) is 0 Å². The fourth-order valence-corrected chi connectivity index (χ4v) is 15.1. The summed E-state index contributed by atoms with van der Waals surface area (Å²) >= 11 is 0. The first-order valence-electron chi connectivity index (χ1n) is 27.2. The van der Waals surface area contributed by atoms with E-state index in [0.717, 1.165) is 50.3 Å². The molecule has 2 aromatic heterocycles. The minimum Gasteiger partial charge on any atom is -0.455 e. The normalized spacial score (nSPS) is 16.1. The van der Waals surface area contributed by atoms with Crippen LogP contribution in [0.5, 0.6) is 0 Å². The molecule has 16 rings (SSSR count). The molecule has 0 amide bonds. The monoisotopic (exact) mass is 979 g/mol. The zero-order valence-corrected chi connectivity index (χ0v) is 44.6. The van der Waals surface area contributed by atoms with Crippen LogP contribution in [0.1, 0.15) is 105 Å². The summed E-state index contributed by atoms with van der Waals surface area (Å²) in [7, 11) is 0. The van der Waals surface area contributed by atoms with Crippen LogP contribution >= 0.6 is 0 Å². The van der Waals surface area contributed by atoms with Gasteiger partial charge < -0.3 is 13.7 Å². The first kappa shape index (κ1) is 43.9. The number of benzene rings is 10. The molecule has 0 atom stereocenters. The van der Waals surface area contributed by atoms with E-state index in [2.05, 4.69) is 249 Å². The Morgan fingerprint density at radius 2 is 0.763 bits per heavy atom. The first-order valence-corrected chi connectivity index (χ1v) is 27.2. The van der Waals surface area contributed by atoms with Crippen LogP contribution in [-0.2, 0) is 21.7 Å². The summed E-state index contributed by atoms with van der Waals surface area (Å²) in [5.41, 5.74) is 30.8. The minimum absolute atomic E-state index is 0.173. The SMILES string of the molecule is Cc1ccc(-c2cc3c(c4c2oc2ccccc24)-c2ccc(N(c4ccc5c(c4)C(C)(C)c4ccccc4-5)c4ccc5c(c4)C(C)(C)c4c6c(c7c(oc8ccccc87)c4-5)-c4ccccc4C6(C)C)cc2C3(C)C)cc1. The summed E-state index contributed by atoms with van der Waals surface area (Å²) in [4.78, 5) is 2.54. The Bertz CT molecular complexity index is 4590. The lowest BCUT2D eigenvalue weighted by atomic mass is 9.72. The number of aryl methyl sites for hydroxylation is 1. The van der Waals surface area contributed by atoms with Gasteiger partial charge in [-0.1, -0.05) is 188 Å². The molecule has 0 saturated heterocycles. The smallest absolute Gasteiger partial charge is 0.144 e. The number of hydrogen-bond acceptors (Lipinski definition) is 3. The molecule has 4 aliphatic carbocycles. The molecule has 3 nitrogen and oxygen atoms in total. The summed E-state index contributed by atoms with van der Waals surface area (Å²) < 4.78 is 14.0. The molecule has 0 bridgehead atoms. The third-order valence-electron chi connectivity index (χ3n) is 18.9. The Morgan fingerprint density at radius 3 is 1.41 bits per heavy atom. The van der Waals surface area contributed by atoms with E-state index in [-0.39, 0.29) is 21.7 Å². The Hall–Kier alpha value is -8.40. The largest absolute Gasteiger partial charge is 0.455 e. The lowest BCUT2D eigenvalue weighted by molar-refractivity contribution is 0.600. The van der Waals surface area contributed by atoms with E-state index in [0.29, 0.717) is 0 Å². The van der Waals surface area contributed by atoms with Gasteiger partial charge >= 0.3 is 0 Å². The standard InChI is InChI=1S/C73H57NO2/c1-40-26-28-41(29-27-40)52-39-58-61(63-50-20-12-16-24-59(50)75-68(52)63)48-34-31-43(37-56(48)71(58,4)5)74(42-30-33-46-45-18-10-14-22-53(45)70(2,3)55(46)36-42)44-32-35-49-57(38-44)73(8,9)67-65(49)69-64(51-21-13-17-25-60(51)76-69)62-47-19-11-15-23-54(47)72(6,7)66(62)67/h10-39H,1-9H3. The predicted octanol–water partition coefficient (Wildman–Crippen LogP) is 20.2. The summed E-state index contributed by atoms with van der Waals surface area (Å²) in [5, 5.41) is 4.75. The van der Waals surface area contributed by atoms with Crippen molar-refractivity contribution < 1.29 is 8.83 Å². The Labute approximate surface area is 444 Å². The Kier molecular flexibility index (Phi) is 8.38. The highest BCUT2D eigenvalue weighted by molar-refractivity contribution is 6.21. The van der Waals surface area contributed by atoms with E-state index in [4.69, 9.17) is 8.83 Å². The molecule has 0 spiro atoms. The Balaban J connectivity index is 0.931. The first-order chi connectivity index (χ1) is 36.6. The summed E-state index contributed by atoms with van der Waals surface area (Å²) in [6.45, 7) is 21.5. The van der Waals surface area contributed by atoms with Crippen LogP contribution in [0.3, 0.4) is 0 Å². The minimum atomic E-state index is -0.361. The van der Waals surface area contributed by atoms with Crippen molar-refractivity contribution in [3.8, 4) is 55.6 Å². The molecular weight excluding hydrogens is 923 g/mol. The molecule has 3 heteroatoms. The van der Waals surface area contributed by atoms with Crippen molar-refractivity contribution in [1.82, 2.24) is 0 Å². The topological polar surface area (TPSA) is 29.5 Å². The molecule has 0 fully saturated rings. The molecule has 0 saturated carbocycles. The van der Waals surface area contributed by atoms with Crippen molar-refractivity contribution in [2.45, 2.75) is 84.0 Å². The van der Waals surface area contributed by atoms with Crippen LogP contribution in [0, 0.1) is 6.92 Å². The number of fused-ring (bicyclic) bond motifs is 22. The second kappa shape index (κ2) is 14.5. The van der Waals surface area contributed by atoms with Crippen molar-refractivity contribution in [1.29, 1.82) is 0 Å². The lowest BCUT2D eigenvalue weighted by Gasteiger charge is -2.32. The van der Waals surface area contributed by atoms with Gasteiger partial charge in [0, 0.05) is 71.4 Å². The van der Waals surface area contributed by atoms with Gasteiger partial charge in [0.2, 0.25) is 0 Å². The maximum Gasteiger partial charge on any atom is 0.144 e. The van der Waals surface area contributed by atoms with Crippen LogP contribution in [0.2, 0.25) is 0 Å². The van der Waals surface area contributed by atoms with Crippen molar-refractivity contribution >= 4 is 60.9 Å². The molecule has 2 heterocycles. The van der Waals surface area contributed by atoms with Crippen molar-refractivity contribution in [3.63, 3.8) is 0 Å². The van der Waals surface area contributed by atoms with Gasteiger partial charge in [0.25, 0.3) is 0 Å². The van der Waals surface area contributed by atoms with Gasteiger partial charge in [-0.25, -0.2) is 0 Å². The molecular formula is C73H57NO2. The van der Waals surface area contributed by atoms with Gasteiger partial charge in [0.15, 0.2) is 0 Å². The van der Waals surface area contributed by atoms with E-state index in [1.54, 1.807) is 0 Å². The average molecular weight is 980 g/mol. The van der Waals surface area contributed by atoms with E-state index < -0.39 is 0 Å². The van der Waals surface area contributed by atoms with Crippen LogP contribution in [0.15, 0.2) is 191 Å². The van der Waals surface area contributed by atoms with E-state index in [1.807, 2.05) is 0 Å². The Morgan fingerprint density at radius 1 is 0.329 bits per heavy atom. The maximum absolute atomic E-state index is 7.11. The second-order valence-electron chi connectivity index (χ2n) is 24.4. The van der Waals surface area contributed by atoms with Crippen molar-refractivity contribution in [3.05, 3.63) is 232 Å². The fraction of sp³-hybridized carbons (Fsp3) is 0.178. The lowest BCUT2D eigenvalue weighted by Crippen LogP contribution is -2.24. The van der Waals surface area contributed by atoms with Crippen LogP contribution < -0.4 is 4.90 Å². The van der Waals surface area contributed by atoms with Crippen molar-refractivity contribution in [2.75, 3.05) is 4.90 Å². The van der Waals surface area contributed by atoms with E-state index in [1.165, 1.54) is 116 Å². The zero-order chi connectivity index (χ0) is 51.5. The van der Waals surface area contributed by atoms with Crippen LogP contribution in [0.25, 0.3) is 99.5 Å². The summed E-state index contributed by atoms with van der Waals surface area (Å²) in [6.07, 6.45) is 0. The molecule has 4 aliphatic rings. The zero-order valence-electron chi connectivity index (χ0n) is 44.6. The quantitative estimate of drug-likeness (QED) is 0.176. The molecule has 0 aliphatic heterocycles. The van der Waals surface area contributed by atoms with Gasteiger partial charge in [-0.2, -0.15) is 0 Å². The third-order valence-corrected chi connectivity index (χ3v) is 18.9. The molecule has 12 aromatic rings. The summed E-state index contributed by atoms with van der Waals surface area (Å²) in [6, 6.07) is 68.4. The number of rotatable bonds is 4. The molecule has 76 heavy (non-hydrogen) atoms. The number of nitrogens with zero attached hydrogens (tertiary/aromatic N) is 1. The van der Waals surface area contributed by atoms with E-state index in [9.17, 15) is 0 Å². The number of anilines is 3. The van der Waals surface area contributed by atoms with Gasteiger partial charge in [-0.3, -0.25) is 0 Å². The molecule has 0 unspecified atom stereocenters. The second-order valence-corrected chi connectivity index (χ2v) is 24.4. The highest BCUT2D eigenvalue weighted by atomic mass is 16.3. The average Bonchev–Trinajstić information content (AvgIpc) is 4.41. The van der Waals surface area contributed by atoms with Gasteiger partial charge in [0.1, 0.15) is 22.3 Å². The number of para-hydroxylation sites is 2. The molecule has 366 valence electrons. The van der Waals surface area contributed by atoms with Gasteiger partial charge in [0.05, 0.1) is 0 Å². The van der Waals surface area contributed by atoms with Crippen molar-refractivity contribution in [2.24, 2.45) is 0 Å². The highest BCUT2D eigenvalue weighted by Crippen LogP contribution is 2.64. The van der Waals surface area contributed by atoms with Crippen LogP contribution in [0.4, 0.5) is 17.1 Å². The number of hydrogen-bond donors (Lipinski definition) is 0. The van der Waals surface area contributed by atoms with Gasteiger partial charge in [-0.15, -0.1) is 0 Å². The van der Waals surface area contributed by atoms with Gasteiger partial charge in [-0.05, 0) is 151 Å². The molecule has 0 radical (unpaired) electrons. The van der Waals surface area contributed by atoms with E-state index >= 15 is 0 Å². The third kappa shape index (κ3) is 5.43. The predicted molar refractivity (Wildman–Crippen MR) is 316 cm³/mol. The number of furan rings is 2. The molecule has 10 aromatic carbocycles. The maximum atomic E-state index is 7.11. The highest BCUT2D eigenvalue weighted by Gasteiger charge is 2.49. The summed E-state index contributed by atoms with van der Waals surface area (Å²) in [5.74, 6) is 0. The molecule has 0 N–H and O–H groups in total. The fourth-order valence-electron chi connectivity index (χ4n) is 15.1.